The van der Waals surface area contributed by atoms with E-state index in [1.165, 1.54) is 0 Å². The number of aliphatic imine (C=N–C) groups is 2. The van der Waals surface area contributed by atoms with E-state index >= 15 is 0 Å². The van der Waals surface area contributed by atoms with Crippen LogP contribution in [0.2, 0.25) is 0 Å². The molecule has 0 bridgehead atoms. The van der Waals surface area contributed by atoms with Gasteiger partial charge in [-0.1, -0.05) is 18.2 Å². The van der Waals surface area contributed by atoms with Crippen molar-refractivity contribution < 1.29 is 0 Å². The van der Waals surface area contributed by atoms with Gasteiger partial charge in [-0.3, -0.25) is 9.98 Å². The van der Waals surface area contributed by atoms with Gasteiger partial charge in [-0.05, 0) is 18.2 Å². The predicted octanol–water partition coefficient (Wildman–Crippen LogP) is 2.14. The summed E-state index contributed by atoms with van der Waals surface area (Å²) >= 11 is 0. The second kappa shape index (κ2) is 4.34. The number of aromatic nitrogens is 2. The minimum Gasteiger partial charge on any atom is -0.325 e. The van der Waals surface area contributed by atoms with Crippen molar-refractivity contribution in [2.45, 2.75) is 0 Å². The number of nitrogens with zero attached hydrogens (tertiary/aromatic N) is 4. The van der Waals surface area contributed by atoms with Gasteiger partial charge in [0.2, 0.25) is 0 Å². The van der Waals surface area contributed by atoms with Crippen LogP contribution in [0.5, 0.6) is 0 Å². The zero-order valence-corrected chi connectivity index (χ0v) is 11.8. The number of amidine groups is 2. The van der Waals surface area contributed by atoms with Crippen molar-refractivity contribution in [3.8, 4) is 0 Å². The molecule has 0 spiro atoms. The van der Waals surface area contributed by atoms with Crippen LogP contribution in [0.3, 0.4) is 0 Å². The zero-order chi connectivity index (χ0) is 14.4. The Hall–Kier alpha value is -2.82. The fraction of sp³-hybridized carbons (Fsp3) is 0.125. The highest BCUT2D eigenvalue weighted by Crippen LogP contribution is 2.27. The number of hydrogen-bond acceptors (Lipinski definition) is 4. The largest absolute Gasteiger partial charge is 0.325 e. The highest BCUT2D eigenvalue weighted by Gasteiger charge is 2.23. The normalized spacial score (nSPS) is 17.6. The molecule has 0 saturated carbocycles. The molecule has 2 aromatic carbocycles. The van der Waals surface area contributed by atoms with Gasteiger partial charge in [0, 0.05) is 36.0 Å². The molecule has 0 fully saturated rings. The minimum atomic E-state index is 0.822. The van der Waals surface area contributed by atoms with Gasteiger partial charge in [0.05, 0.1) is 11.0 Å². The molecule has 0 radical (unpaired) electrons. The van der Waals surface area contributed by atoms with Crippen LogP contribution in [0, 0.1) is 0 Å². The van der Waals surface area contributed by atoms with E-state index in [1.54, 1.807) is 14.1 Å². The second-order valence-electron chi connectivity index (χ2n) is 4.90. The monoisotopic (exact) mass is 275 g/mol. The molecule has 0 amide bonds. The number of benzene rings is 2. The Morgan fingerprint density at radius 1 is 0.810 bits per heavy atom. The van der Waals surface area contributed by atoms with E-state index in [2.05, 4.69) is 37.6 Å². The van der Waals surface area contributed by atoms with Gasteiger partial charge in [-0.25, -0.2) is 0 Å². The first-order valence-electron chi connectivity index (χ1n) is 6.72. The Kier molecular flexibility index (Phi) is 2.47. The quantitative estimate of drug-likeness (QED) is 0.639. The standard InChI is InChI=1S/C16H13N5/c1-17-15-11-7-10-9-5-3-4-6-13(9)20-21-14(10)8-12(11)16(18-2)19-15/h3-8H,1-2H3,(H,17,18,19). The maximum atomic E-state index is 4.33. The smallest absolute Gasteiger partial charge is 0.134 e. The van der Waals surface area contributed by atoms with Crippen molar-refractivity contribution in [3.63, 3.8) is 0 Å². The third-order valence-electron chi connectivity index (χ3n) is 3.79. The van der Waals surface area contributed by atoms with Crippen LogP contribution in [0.1, 0.15) is 11.1 Å². The Morgan fingerprint density at radius 2 is 1.48 bits per heavy atom. The van der Waals surface area contributed by atoms with E-state index in [0.29, 0.717) is 0 Å². The van der Waals surface area contributed by atoms with E-state index in [9.17, 15) is 0 Å². The second-order valence-corrected chi connectivity index (χ2v) is 4.90. The van der Waals surface area contributed by atoms with Gasteiger partial charge in [-0.15, -0.1) is 10.2 Å². The molecule has 0 saturated heterocycles. The lowest BCUT2D eigenvalue weighted by Crippen LogP contribution is -2.22. The Labute approximate surface area is 121 Å². The highest BCUT2D eigenvalue weighted by atomic mass is 15.1. The van der Waals surface area contributed by atoms with Gasteiger partial charge in [0.15, 0.2) is 0 Å². The van der Waals surface area contributed by atoms with Crippen molar-refractivity contribution in [2.75, 3.05) is 14.1 Å². The first-order chi connectivity index (χ1) is 10.3. The average molecular weight is 275 g/mol. The molecule has 5 nitrogen and oxygen atoms in total. The van der Waals surface area contributed by atoms with E-state index < -0.39 is 0 Å². The first kappa shape index (κ1) is 12.0. The van der Waals surface area contributed by atoms with Crippen LogP contribution in [0.15, 0.2) is 46.4 Å². The third kappa shape index (κ3) is 1.64. The molecule has 0 aliphatic carbocycles. The summed E-state index contributed by atoms with van der Waals surface area (Å²) in [5.41, 5.74) is 3.85. The summed E-state index contributed by atoms with van der Waals surface area (Å²) in [7, 11) is 3.54. The molecule has 102 valence electrons. The molecule has 1 aromatic heterocycles. The summed E-state index contributed by atoms with van der Waals surface area (Å²) in [4.78, 5) is 8.58. The average Bonchev–Trinajstić information content (AvgIpc) is 2.90. The predicted molar refractivity (Wildman–Crippen MR) is 85.1 cm³/mol. The molecule has 0 unspecified atom stereocenters. The third-order valence-corrected chi connectivity index (χ3v) is 3.79. The van der Waals surface area contributed by atoms with Crippen LogP contribution in [-0.4, -0.2) is 36.0 Å². The van der Waals surface area contributed by atoms with Crippen molar-refractivity contribution in [3.05, 3.63) is 47.5 Å². The molecular formula is C16H13N5. The van der Waals surface area contributed by atoms with Crippen LogP contribution < -0.4 is 5.32 Å². The summed E-state index contributed by atoms with van der Waals surface area (Å²) in [5.74, 6) is 1.66. The molecule has 21 heavy (non-hydrogen) atoms. The number of rotatable bonds is 0. The number of hydrogen-bond donors (Lipinski definition) is 1. The summed E-state index contributed by atoms with van der Waals surface area (Å²) in [5, 5.41) is 14.0. The van der Waals surface area contributed by atoms with E-state index in [1.807, 2.05) is 24.3 Å². The van der Waals surface area contributed by atoms with E-state index in [4.69, 9.17) is 0 Å². The van der Waals surface area contributed by atoms with E-state index in [0.717, 1.165) is 44.6 Å². The summed E-state index contributed by atoms with van der Waals surface area (Å²) in [6, 6.07) is 12.2. The SMILES string of the molecule is C/N=C1\N/C(=N\C)c2cc3c(cc21)nnc1ccccc13. The molecular weight excluding hydrogens is 262 g/mol. The minimum absolute atomic E-state index is 0.822. The summed E-state index contributed by atoms with van der Waals surface area (Å²) < 4.78 is 0. The Morgan fingerprint density at radius 3 is 2.24 bits per heavy atom. The Bertz CT molecular complexity index is 940. The molecule has 2 heterocycles. The molecule has 3 aromatic rings. The van der Waals surface area contributed by atoms with Crippen molar-refractivity contribution in [1.82, 2.24) is 15.5 Å². The highest BCUT2D eigenvalue weighted by molar-refractivity contribution is 6.27. The fourth-order valence-corrected chi connectivity index (χ4v) is 2.77. The van der Waals surface area contributed by atoms with Crippen LogP contribution in [0.4, 0.5) is 0 Å². The van der Waals surface area contributed by atoms with E-state index in [-0.39, 0.29) is 0 Å². The van der Waals surface area contributed by atoms with Gasteiger partial charge < -0.3 is 5.32 Å². The van der Waals surface area contributed by atoms with Gasteiger partial charge in [0.25, 0.3) is 0 Å². The lowest BCUT2D eigenvalue weighted by molar-refractivity contribution is 1.12. The molecule has 4 rings (SSSR count). The maximum absolute atomic E-state index is 4.33. The van der Waals surface area contributed by atoms with Gasteiger partial charge in [-0.2, -0.15) is 0 Å². The van der Waals surface area contributed by atoms with Crippen LogP contribution in [0.25, 0.3) is 21.8 Å². The maximum Gasteiger partial charge on any atom is 0.134 e. The zero-order valence-electron chi connectivity index (χ0n) is 11.8. The molecule has 1 aliphatic heterocycles. The lowest BCUT2D eigenvalue weighted by atomic mass is 10.0. The molecule has 1 N–H and O–H groups in total. The molecule has 5 heteroatoms. The van der Waals surface area contributed by atoms with Crippen molar-refractivity contribution >= 4 is 33.5 Å². The summed E-state index contributed by atoms with van der Waals surface area (Å²) in [6.07, 6.45) is 0. The first-order valence-corrected chi connectivity index (χ1v) is 6.72. The topological polar surface area (TPSA) is 62.5 Å². The van der Waals surface area contributed by atoms with Gasteiger partial charge in [0.1, 0.15) is 11.7 Å². The van der Waals surface area contributed by atoms with Crippen molar-refractivity contribution in [2.24, 2.45) is 9.98 Å². The lowest BCUT2D eigenvalue weighted by Gasteiger charge is -2.04. The number of nitrogens with one attached hydrogen (secondary N) is 1. The number of fused-ring (bicyclic) bond motifs is 4. The fourth-order valence-electron chi connectivity index (χ4n) is 2.77. The van der Waals surface area contributed by atoms with Crippen LogP contribution in [-0.2, 0) is 0 Å². The summed E-state index contributed by atoms with van der Waals surface area (Å²) in [6.45, 7) is 0. The molecule has 0 atom stereocenters. The van der Waals surface area contributed by atoms with Crippen molar-refractivity contribution in [1.29, 1.82) is 0 Å². The Balaban J connectivity index is 2.14. The molecule has 1 aliphatic rings. The van der Waals surface area contributed by atoms with Crippen LogP contribution >= 0.6 is 0 Å². The van der Waals surface area contributed by atoms with Gasteiger partial charge >= 0.3 is 0 Å².